The van der Waals surface area contributed by atoms with Gasteiger partial charge in [-0.15, -0.1) is 11.6 Å². The lowest BCUT2D eigenvalue weighted by molar-refractivity contribution is -0.140. The summed E-state index contributed by atoms with van der Waals surface area (Å²) < 4.78 is 51.9. The van der Waals surface area contributed by atoms with Crippen molar-refractivity contribution in [2.24, 2.45) is 5.92 Å². The average molecular weight is 324 g/mol. The highest BCUT2D eigenvalue weighted by atomic mass is 35.5. The molecule has 2 nitrogen and oxygen atoms in total. The second-order valence-electron chi connectivity index (χ2n) is 5.05. The normalized spacial score (nSPS) is 19.1. The molecule has 0 saturated carbocycles. The van der Waals surface area contributed by atoms with E-state index < -0.39 is 29.0 Å². The molecule has 1 atom stereocenters. The van der Waals surface area contributed by atoms with Crippen molar-refractivity contribution >= 4 is 17.5 Å². The Labute approximate surface area is 124 Å². The third-order valence-corrected chi connectivity index (χ3v) is 3.84. The molecule has 116 valence electrons. The third kappa shape index (κ3) is 3.48. The van der Waals surface area contributed by atoms with Crippen LogP contribution in [-0.2, 0) is 6.18 Å². The van der Waals surface area contributed by atoms with Crippen LogP contribution in [0.2, 0.25) is 0 Å². The van der Waals surface area contributed by atoms with Crippen LogP contribution in [0, 0.1) is 11.7 Å². The lowest BCUT2D eigenvalue weighted by atomic mass is 10.1. The first-order valence-corrected chi connectivity index (χ1v) is 7.09. The Hall–Kier alpha value is -1.30. The van der Waals surface area contributed by atoms with Crippen molar-refractivity contribution < 1.29 is 22.4 Å². The van der Waals surface area contributed by atoms with Crippen LogP contribution in [-0.4, -0.2) is 29.8 Å². The van der Waals surface area contributed by atoms with Gasteiger partial charge >= 0.3 is 6.18 Å². The Morgan fingerprint density at radius 3 is 2.71 bits per heavy atom. The number of nitrogens with zero attached hydrogens (tertiary/aromatic N) is 1. The molecule has 0 radical (unpaired) electrons. The van der Waals surface area contributed by atoms with E-state index >= 15 is 0 Å². The Kier molecular flexibility index (Phi) is 4.76. The van der Waals surface area contributed by atoms with Gasteiger partial charge in [-0.1, -0.05) is 6.07 Å². The smallest absolute Gasteiger partial charge is 0.338 e. The SMILES string of the molecule is O=C(c1cccc(C(F)(F)F)c1F)N1CCC(CCCl)C1. The van der Waals surface area contributed by atoms with Crippen molar-refractivity contribution in [2.45, 2.75) is 19.0 Å². The van der Waals surface area contributed by atoms with E-state index in [1.807, 2.05) is 0 Å². The zero-order valence-electron chi connectivity index (χ0n) is 11.1. The molecule has 0 aromatic heterocycles. The summed E-state index contributed by atoms with van der Waals surface area (Å²) in [6.07, 6.45) is -3.35. The molecule has 1 aromatic rings. The van der Waals surface area contributed by atoms with Crippen LogP contribution in [0.4, 0.5) is 17.6 Å². The van der Waals surface area contributed by atoms with E-state index in [2.05, 4.69) is 0 Å². The minimum atomic E-state index is -4.81. The number of halogens is 5. The lowest BCUT2D eigenvalue weighted by Gasteiger charge is -2.18. The maximum absolute atomic E-state index is 13.9. The highest BCUT2D eigenvalue weighted by Crippen LogP contribution is 2.33. The Balaban J connectivity index is 2.21. The Morgan fingerprint density at radius 1 is 1.38 bits per heavy atom. The number of hydrogen-bond acceptors (Lipinski definition) is 1. The van der Waals surface area contributed by atoms with Gasteiger partial charge in [-0.2, -0.15) is 13.2 Å². The van der Waals surface area contributed by atoms with E-state index in [0.717, 1.165) is 25.0 Å². The number of amides is 1. The van der Waals surface area contributed by atoms with Gasteiger partial charge in [0.15, 0.2) is 0 Å². The Morgan fingerprint density at radius 2 is 2.10 bits per heavy atom. The van der Waals surface area contributed by atoms with Crippen LogP contribution in [0.15, 0.2) is 18.2 Å². The van der Waals surface area contributed by atoms with Crippen molar-refractivity contribution in [3.8, 4) is 0 Å². The molecule has 0 N–H and O–H groups in total. The molecule has 21 heavy (non-hydrogen) atoms. The van der Waals surface area contributed by atoms with Gasteiger partial charge in [0.2, 0.25) is 0 Å². The van der Waals surface area contributed by atoms with Crippen LogP contribution >= 0.6 is 11.6 Å². The number of alkyl halides is 4. The second-order valence-corrected chi connectivity index (χ2v) is 5.43. The van der Waals surface area contributed by atoms with E-state index in [1.165, 1.54) is 4.90 Å². The van der Waals surface area contributed by atoms with Gasteiger partial charge in [0, 0.05) is 19.0 Å². The predicted molar refractivity (Wildman–Crippen MR) is 70.7 cm³/mol. The third-order valence-electron chi connectivity index (χ3n) is 3.62. The Bertz CT molecular complexity index is 532. The van der Waals surface area contributed by atoms with E-state index in [4.69, 9.17) is 11.6 Å². The summed E-state index contributed by atoms with van der Waals surface area (Å²) in [5.41, 5.74) is -1.94. The molecule has 1 saturated heterocycles. The van der Waals surface area contributed by atoms with Crippen molar-refractivity contribution in [3.05, 3.63) is 35.1 Å². The van der Waals surface area contributed by atoms with Gasteiger partial charge in [-0.25, -0.2) is 4.39 Å². The minimum absolute atomic E-state index is 0.223. The van der Waals surface area contributed by atoms with Crippen LogP contribution in [0.5, 0.6) is 0 Å². The number of benzene rings is 1. The summed E-state index contributed by atoms with van der Waals surface area (Å²) in [6, 6.07) is 2.76. The number of hydrogen-bond donors (Lipinski definition) is 0. The maximum atomic E-state index is 13.9. The number of rotatable bonds is 3. The van der Waals surface area contributed by atoms with Crippen molar-refractivity contribution in [1.29, 1.82) is 0 Å². The largest absolute Gasteiger partial charge is 0.419 e. The summed E-state index contributed by atoms with van der Waals surface area (Å²) in [4.78, 5) is 13.6. The van der Waals surface area contributed by atoms with Crippen LogP contribution in [0.25, 0.3) is 0 Å². The zero-order chi connectivity index (χ0) is 15.6. The molecule has 1 heterocycles. The summed E-state index contributed by atoms with van der Waals surface area (Å²) in [6.45, 7) is 0.817. The van der Waals surface area contributed by atoms with Crippen LogP contribution < -0.4 is 0 Å². The highest BCUT2D eigenvalue weighted by Gasteiger charge is 2.37. The standard InChI is InChI=1S/C14H14ClF4NO/c15-6-4-9-5-7-20(8-9)13(21)10-2-1-3-11(12(10)16)14(17,18)19/h1-3,9H,4-8H2. The topological polar surface area (TPSA) is 20.3 Å². The fourth-order valence-corrected chi connectivity index (χ4v) is 2.80. The highest BCUT2D eigenvalue weighted by molar-refractivity contribution is 6.17. The van der Waals surface area contributed by atoms with Gasteiger partial charge in [-0.3, -0.25) is 4.79 Å². The molecular weight excluding hydrogens is 310 g/mol. The van der Waals surface area contributed by atoms with Gasteiger partial charge in [0.25, 0.3) is 5.91 Å². The molecular formula is C14H14ClF4NO. The zero-order valence-corrected chi connectivity index (χ0v) is 11.8. The molecule has 0 spiro atoms. The van der Waals surface area contributed by atoms with E-state index in [1.54, 1.807) is 0 Å². The second kappa shape index (κ2) is 6.22. The molecule has 7 heteroatoms. The fourth-order valence-electron chi connectivity index (χ4n) is 2.49. The van der Waals surface area contributed by atoms with Gasteiger partial charge in [0.05, 0.1) is 11.1 Å². The first kappa shape index (κ1) is 16.1. The molecule has 1 aromatic carbocycles. The number of carbonyl (C=O) groups excluding carboxylic acids is 1. The van der Waals surface area contributed by atoms with Crippen molar-refractivity contribution in [1.82, 2.24) is 4.90 Å². The molecule has 1 amide bonds. The van der Waals surface area contributed by atoms with Gasteiger partial charge < -0.3 is 4.90 Å². The van der Waals surface area contributed by atoms with Crippen LogP contribution in [0.3, 0.4) is 0 Å². The fraction of sp³-hybridized carbons (Fsp3) is 0.500. The van der Waals surface area contributed by atoms with E-state index in [9.17, 15) is 22.4 Å². The number of likely N-dealkylation sites (tertiary alicyclic amines) is 1. The molecule has 1 aliphatic heterocycles. The van der Waals surface area contributed by atoms with Gasteiger partial charge in [0.1, 0.15) is 5.82 Å². The molecule has 0 bridgehead atoms. The first-order valence-electron chi connectivity index (χ1n) is 6.55. The lowest BCUT2D eigenvalue weighted by Crippen LogP contribution is -2.30. The van der Waals surface area contributed by atoms with Crippen molar-refractivity contribution in [2.75, 3.05) is 19.0 Å². The summed E-state index contributed by atoms with van der Waals surface area (Å²) in [5.74, 6) is -1.52. The van der Waals surface area contributed by atoms with Crippen molar-refractivity contribution in [3.63, 3.8) is 0 Å². The van der Waals surface area contributed by atoms with E-state index in [-0.39, 0.29) is 5.92 Å². The summed E-state index contributed by atoms with van der Waals surface area (Å²) >= 11 is 5.63. The minimum Gasteiger partial charge on any atom is -0.338 e. The van der Waals surface area contributed by atoms with Gasteiger partial charge in [-0.05, 0) is 30.9 Å². The first-order chi connectivity index (χ1) is 9.84. The quantitative estimate of drug-likeness (QED) is 0.609. The molecule has 1 unspecified atom stereocenters. The number of carbonyl (C=O) groups is 1. The maximum Gasteiger partial charge on any atom is 0.419 e. The van der Waals surface area contributed by atoms with E-state index in [0.29, 0.717) is 25.0 Å². The molecule has 0 aliphatic carbocycles. The monoisotopic (exact) mass is 323 g/mol. The molecule has 1 aliphatic rings. The summed E-state index contributed by atoms with van der Waals surface area (Å²) in [7, 11) is 0. The molecule has 1 fully saturated rings. The van der Waals surface area contributed by atoms with Crippen LogP contribution in [0.1, 0.15) is 28.8 Å². The summed E-state index contributed by atoms with van der Waals surface area (Å²) in [5, 5.41) is 0. The molecule has 2 rings (SSSR count). The average Bonchev–Trinajstić information content (AvgIpc) is 2.86. The predicted octanol–water partition coefficient (Wildman–Crippen LogP) is 3.94.